The molecular weight excluding hydrogens is 348 g/mol. The molecule has 26 heavy (non-hydrogen) atoms. The van der Waals surface area contributed by atoms with Gasteiger partial charge in [-0.2, -0.15) is 0 Å². The lowest BCUT2D eigenvalue weighted by molar-refractivity contribution is -0.138. The van der Waals surface area contributed by atoms with Gasteiger partial charge < -0.3 is 9.64 Å². The zero-order valence-corrected chi connectivity index (χ0v) is 17.3. The van der Waals surface area contributed by atoms with Crippen LogP contribution in [0.25, 0.3) is 6.08 Å². The molecular formula is C21H31ClN2O2. The molecule has 1 aliphatic heterocycles. The normalized spacial score (nSPS) is 19.2. The van der Waals surface area contributed by atoms with Gasteiger partial charge >= 0.3 is 0 Å². The third-order valence-corrected chi connectivity index (χ3v) is 5.03. The summed E-state index contributed by atoms with van der Waals surface area (Å²) in [4.78, 5) is 18.5. The van der Waals surface area contributed by atoms with E-state index in [0.717, 1.165) is 24.9 Å². The van der Waals surface area contributed by atoms with E-state index in [0.29, 0.717) is 23.4 Å². The lowest BCUT2D eigenvalue weighted by Crippen LogP contribution is -2.38. The second-order valence-electron chi connectivity index (χ2n) is 8.24. The van der Waals surface area contributed by atoms with Gasteiger partial charge in [0.2, 0.25) is 5.91 Å². The molecule has 1 aromatic rings. The fraction of sp³-hybridized carbons (Fsp3) is 0.619. The summed E-state index contributed by atoms with van der Waals surface area (Å²) in [5, 5.41) is 0.365. The molecule has 1 amide bonds. The Bertz CT molecular complexity index is 652. The number of pyridine rings is 1. The Labute approximate surface area is 162 Å². The van der Waals surface area contributed by atoms with E-state index >= 15 is 0 Å². The predicted octanol–water partition coefficient (Wildman–Crippen LogP) is 5.21. The van der Waals surface area contributed by atoms with Gasteiger partial charge in [-0.25, -0.2) is 4.98 Å². The molecule has 0 bridgehead atoms. The first-order chi connectivity index (χ1) is 12.2. The average molecular weight is 379 g/mol. The van der Waals surface area contributed by atoms with E-state index in [9.17, 15) is 4.79 Å². The van der Waals surface area contributed by atoms with Crippen LogP contribution in [-0.4, -0.2) is 35.0 Å². The quantitative estimate of drug-likeness (QED) is 0.638. The molecule has 1 fully saturated rings. The molecule has 1 aliphatic rings. The Morgan fingerprint density at radius 2 is 2.23 bits per heavy atom. The van der Waals surface area contributed by atoms with Gasteiger partial charge in [-0.05, 0) is 24.0 Å². The number of aromatic nitrogens is 1. The summed E-state index contributed by atoms with van der Waals surface area (Å²) in [5.41, 5.74) is 0.613. The molecule has 5 heteroatoms. The monoisotopic (exact) mass is 378 g/mol. The van der Waals surface area contributed by atoms with Crippen molar-refractivity contribution in [2.75, 3.05) is 13.1 Å². The first-order valence-corrected chi connectivity index (χ1v) is 9.86. The van der Waals surface area contributed by atoms with Gasteiger partial charge in [0.15, 0.2) is 10.9 Å². The maximum Gasteiger partial charge on any atom is 0.228 e. The number of ether oxygens (including phenoxy) is 1. The zero-order valence-electron chi connectivity index (χ0n) is 16.6. The number of hydrogen-bond acceptors (Lipinski definition) is 3. The van der Waals surface area contributed by atoms with Crippen molar-refractivity contribution in [2.24, 2.45) is 11.3 Å². The minimum absolute atomic E-state index is 0.0417. The maximum atomic E-state index is 12.4. The Hall–Kier alpha value is -1.55. The number of rotatable bonds is 6. The van der Waals surface area contributed by atoms with Crippen molar-refractivity contribution in [3.63, 3.8) is 0 Å². The summed E-state index contributed by atoms with van der Waals surface area (Å²) in [6.45, 7) is 11.6. The second-order valence-corrected chi connectivity index (χ2v) is 8.60. The summed E-state index contributed by atoms with van der Waals surface area (Å²) < 4.78 is 6.07. The van der Waals surface area contributed by atoms with Crippen LogP contribution in [0.5, 0.6) is 5.75 Å². The van der Waals surface area contributed by atoms with Crippen LogP contribution in [-0.2, 0) is 4.79 Å². The number of amides is 1. The van der Waals surface area contributed by atoms with Crippen molar-refractivity contribution in [1.82, 2.24) is 9.88 Å². The van der Waals surface area contributed by atoms with Crippen molar-refractivity contribution in [3.8, 4) is 5.75 Å². The standard InChI is InChI=1S/C21H31ClN2O2/c1-6-15(2)8-7-9-16-12-18(19(22)23-13-16)26-17-10-11-24(14-17)20(25)21(3,4)5/h7,9,12-13,15,17H,6,8,10-11,14H2,1-5H3/b9-7+/t15-,17+/m1/s1. The fourth-order valence-electron chi connectivity index (χ4n) is 2.88. The highest BCUT2D eigenvalue weighted by atomic mass is 35.5. The second kappa shape index (κ2) is 8.90. The predicted molar refractivity (Wildman–Crippen MR) is 107 cm³/mol. The zero-order chi connectivity index (χ0) is 19.3. The minimum atomic E-state index is -0.367. The molecule has 0 N–H and O–H groups in total. The molecule has 2 rings (SSSR count). The van der Waals surface area contributed by atoms with Crippen LogP contribution >= 0.6 is 11.6 Å². The number of carbonyl (C=O) groups excluding carboxylic acids is 1. The molecule has 0 unspecified atom stereocenters. The molecule has 1 saturated heterocycles. The van der Waals surface area contributed by atoms with Crippen LogP contribution < -0.4 is 4.74 Å². The van der Waals surface area contributed by atoms with Gasteiger partial charge in [-0.1, -0.05) is 64.8 Å². The molecule has 1 aromatic heterocycles. The minimum Gasteiger partial charge on any atom is -0.485 e. The Morgan fingerprint density at radius 3 is 2.88 bits per heavy atom. The topological polar surface area (TPSA) is 42.4 Å². The molecule has 144 valence electrons. The van der Waals surface area contributed by atoms with Gasteiger partial charge in [0.05, 0.1) is 6.54 Å². The highest BCUT2D eigenvalue weighted by Gasteiger charge is 2.33. The number of likely N-dealkylation sites (tertiary alicyclic amines) is 1. The smallest absolute Gasteiger partial charge is 0.228 e. The van der Waals surface area contributed by atoms with Crippen LogP contribution in [0.4, 0.5) is 0 Å². The number of allylic oxidation sites excluding steroid dienone is 1. The fourth-order valence-corrected chi connectivity index (χ4v) is 3.03. The molecule has 0 saturated carbocycles. The first kappa shape index (κ1) is 20.8. The maximum absolute atomic E-state index is 12.4. The van der Waals surface area contributed by atoms with E-state index in [-0.39, 0.29) is 17.4 Å². The van der Waals surface area contributed by atoms with Crippen LogP contribution in [0.1, 0.15) is 59.4 Å². The van der Waals surface area contributed by atoms with Gasteiger partial charge in [0, 0.05) is 24.6 Å². The van der Waals surface area contributed by atoms with E-state index < -0.39 is 0 Å². The Balaban J connectivity index is 1.99. The van der Waals surface area contributed by atoms with Gasteiger partial charge in [0.25, 0.3) is 0 Å². The molecule has 2 heterocycles. The van der Waals surface area contributed by atoms with Gasteiger partial charge in [-0.3, -0.25) is 4.79 Å². The summed E-state index contributed by atoms with van der Waals surface area (Å²) in [5.74, 6) is 1.43. The highest BCUT2D eigenvalue weighted by molar-refractivity contribution is 6.30. The molecule has 0 radical (unpaired) electrons. The molecule has 0 aliphatic carbocycles. The Kier molecular flexibility index (Phi) is 7.10. The number of halogens is 1. The van der Waals surface area contributed by atoms with Crippen LogP contribution in [0, 0.1) is 11.3 Å². The van der Waals surface area contributed by atoms with Gasteiger partial charge in [-0.15, -0.1) is 0 Å². The highest BCUT2D eigenvalue weighted by Crippen LogP contribution is 2.28. The SMILES string of the molecule is CC[C@@H](C)C/C=C/c1cnc(Cl)c(O[C@H]2CCN(C(=O)C(C)(C)C)C2)c1. The molecule has 0 aromatic carbocycles. The van der Waals surface area contributed by atoms with Crippen molar-refractivity contribution < 1.29 is 9.53 Å². The van der Waals surface area contributed by atoms with Crippen LogP contribution in [0.2, 0.25) is 5.15 Å². The number of nitrogens with zero attached hydrogens (tertiary/aromatic N) is 2. The lowest BCUT2D eigenvalue weighted by Gasteiger charge is -2.25. The summed E-state index contributed by atoms with van der Waals surface area (Å²) in [7, 11) is 0. The van der Waals surface area contributed by atoms with Gasteiger partial charge in [0.1, 0.15) is 6.10 Å². The van der Waals surface area contributed by atoms with E-state index in [1.165, 1.54) is 6.42 Å². The van der Waals surface area contributed by atoms with E-state index in [2.05, 4.69) is 31.0 Å². The first-order valence-electron chi connectivity index (χ1n) is 9.48. The van der Waals surface area contributed by atoms with Crippen molar-refractivity contribution in [2.45, 2.75) is 60.0 Å². The number of carbonyl (C=O) groups is 1. The summed E-state index contributed by atoms with van der Waals surface area (Å²) in [6.07, 6.45) is 8.97. The lowest BCUT2D eigenvalue weighted by atomic mass is 9.95. The molecule has 2 atom stereocenters. The van der Waals surface area contributed by atoms with Crippen molar-refractivity contribution >= 4 is 23.6 Å². The van der Waals surface area contributed by atoms with Crippen LogP contribution in [0.15, 0.2) is 18.3 Å². The average Bonchev–Trinajstić information content (AvgIpc) is 3.04. The Morgan fingerprint density at radius 1 is 1.50 bits per heavy atom. The summed E-state index contributed by atoms with van der Waals surface area (Å²) in [6, 6.07) is 1.93. The largest absolute Gasteiger partial charge is 0.485 e. The summed E-state index contributed by atoms with van der Waals surface area (Å²) >= 11 is 6.21. The third-order valence-electron chi connectivity index (χ3n) is 4.74. The number of hydrogen-bond donors (Lipinski definition) is 0. The van der Waals surface area contributed by atoms with Crippen molar-refractivity contribution in [1.29, 1.82) is 0 Å². The molecule has 0 spiro atoms. The third kappa shape index (κ3) is 5.73. The van der Waals surface area contributed by atoms with Crippen LogP contribution in [0.3, 0.4) is 0 Å². The van der Waals surface area contributed by atoms with E-state index in [1.54, 1.807) is 6.20 Å². The van der Waals surface area contributed by atoms with E-state index in [1.807, 2.05) is 31.7 Å². The van der Waals surface area contributed by atoms with Crippen molar-refractivity contribution in [3.05, 3.63) is 29.1 Å². The molecule has 4 nitrogen and oxygen atoms in total. The van der Waals surface area contributed by atoms with E-state index in [4.69, 9.17) is 16.3 Å².